The van der Waals surface area contributed by atoms with Crippen molar-refractivity contribution in [1.82, 2.24) is 29.4 Å². The molecular formula is C19H26N6O3S2. The lowest BCUT2D eigenvalue weighted by molar-refractivity contribution is -0.129. The molecule has 2 aromatic rings. The summed E-state index contributed by atoms with van der Waals surface area (Å²) in [5, 5.41) is 13.5. The first-order valence-electron chi connectivity index (χ1n) is 9.59. The van der Waals surface area contributed by atoms with Crippen molar-refractivity contribution >= 4 is 33.8 Å². The van der Waals surface area contributed by atoms with Crippen LogP contribution in [-0.2, 0) is 20.4 Å². The second-order valence-corrected chi connectivity index (χ2v) is 10.6. The van der Waals surface area contributed by atoms with Crippen LogP contribution >= 0.6 is 11.8 Å². The molecule has 9 nitrogen and oxygen atoms in total. The third-order valence-corrected chi connectivity index (χ3v) is 7.05. The Morgan fingerprint density at radius 3 is 2.43 bits per heavy atom. The third kappa shape index (κ3) is 5.67. The van der Waals surface area contributed by atoms with Gasteiger partial charge in [-0.3, -0.25) is 4.79 Å². The van der Waals surface area contributed by atoms with Gasteiger partial charge in [0.2, 0.25) is 21.1 Å². The SMILES string of the molecule is CC(C)(C)n1nnnc1SCC(=O)N1CCN(S(=O)(=O)/C=C/c2ccccc2)CC1. The zero-order chi connectivity index (χ0) is 21.8. The Hall–Kier alpha value is -2.24. The maximum absolute atomic E-state index is 12.6. The minimum atomic E-state index is -3.52. The Kier molecular flexibility index (Phi) is 6.94. The van der Waals surface area contributed by atoms with E-state index in [1.807, 2.05) is 51.1 Å². The maximum atomic E-state index is 12.6. The van der Waals surface area contributed by atoms with Crippen LogP contribution in [0.2, 0.25) is 0 Å². The predicted molar refractivity (Wildman–Crippen MR) is 116 cm³/mol. The van der Waals surface area contributed by atoms with Gasteiger partial charge in [-0.05, 0) is 42.8 Å². The van der Waals surface area contributed by atoms with Crippen LogP contribution in [0.3, 0.4) is 0 Å². The summed E-state index contributed by atoms with van der Waals surface area (Å²) in [5.74, 6) is 0.150. The molecule has 0 spiro atoms. The molecule has 30 heavy (non-hydrogen) atoms. The van der Waals surface area contributed by atoms with E-state index in [2.05, 4.69) is 15.5 Å². The number of sulfonamides is 1. The Bertz CT molecular complexity index is 991. The van der Waals surface area contributed by atoms with Gasteiger partial charge in [0.25, 0.3) is 0 Å². The second kappa shape index (κ2) is 9.27. The maximum Gasteiger partial charge on any atom is 0.236 e. The van der Waals surface area contributed by atoms with Gasteiger partial charge in [-0.2, -0.15) is 4.31 Å². The molecule has 0 unspecified atom stereocenters. The zero-order valence-corrected chi connectivity index (χ0v) is 18.9. The molecule has 0 bridgehead atoms. The van der Waals surface area contributed by atoms with Gasteiger partial charge in [0.15, 0.2) is 0 Å². The van der Waals surface area contributed by atoms with Gasteiger partial charge in [-0.1, -0.05) is 42.1 Å². The Morgan fingerprint density at radius 2 is 1.80 bits per heavy atom. The van der Waals surface area contributed by atoms with E-state index >= 15 is 0 Å². The van der Waals surface area contributed by atoms with Crippen molar-refractivity contribution in [2.75, 3.05) is 31.9 Å². The standard InChI is InChI=1S/C19H26N6O3S2/c1-19(2,3)25-18(20-21-22-25)29-15-17(26)23-10-12-24(13-11-23)30(27,28)14-9-16-7-5-4-6-8-16/h4-9,14H,10-13,15H2,1-3H3/b14-9+. The van der Waals surface area contributed by atoms with Gasteiger partial charge in [0.1, 0.15) is 0 Å². The second-order valence-electron chi connectivity index (χ2n) is 7.87. The number of hydrogen-bond donors (Lipinski definition) is 0. The van der Waals surface area contributed by atoms with E-state index in [-0.39, 0.29) is 30.3 Å². The molecule has 0 N–H and O–H groups in total. The van der Waals surface area contributed by atoms with Gasteiger partial charge in [-0.25, -0.2) is 13.1 Å². The molecule has 0 saturated carbocycles. The van der Waals surface area contributed by atoms with Crippen molar-refractivity contribution in [3.05, 3.63) is 41.3 Å². The van der Waals surface area contributed by atoms with Crippen molar-refractivity contribution in [3.63, 3.8) is 0 Å². The molecule has 0 aliphatic carbocycles. The summed E-state index contributed by atoms with van der Waals surface area (Å²) >= 11 is 1.29. The number of piperazine rings is 1. The number of benzene rings is 1. The van der Waals surface area contributed by atoms with Crippen molar-refractivity contribution in [2.45, 2.75) is 31.5 Å². The van der Waals surface area contributed by atoms with E-state index in [0.717, 1.165) is 5.56 Å². The number of amides is 1. The molecule has 11 heteroatoms. The quantitative estimate of drug-likeness (QED) is 0.617. The summed E-state index contributed by atoms with van der Waals surface area (Å²) in [7, 11) is -3.52. The largest absolute Gasteiger partial charge is 0.339 e. The minimum Gasteiger partial charge on any atom is -0.339 e. The molecule has 0 atom stereocenters. The molecule has 3 rings (SSSR count). The van der Waals surface area contributed by atoms with Crippen LogP contribution in [0, 0.1) is 0 Å². The van der Waals surface area contributed by atoms with Crippen molar-refractivity contribution in [1.29, 1.82) is 0 Å². The van der Waals surface area contributed by atoms with Crippen molar-refractivity contribution in [2.24, 2.45) is 0 Å². The number of thioether (sulfide) groups is 1. The van der Waals surface area contributed by atoms with Crippen LogP contribution < -0.4 is 0 Å². The van der Waals surface area contributed by atoms with Gasteiger partial charge in [0.05, 0.1) is 11.3 Å². The number of carbonyl (C=O) groups excluding carboxylic acids is 1. The highest BCUT2D eigenvalue weighted by Crippen LogP contribution is 2.22. The van der Waals surface area contributed by atoms with Gasteiger partial charge in [0, 0.05) is 31.6 Å². The Labute approximate surface area is 181 Å². The van der Waals surface area contributed by atoms with Gasteiger partial charge in [-0.15, -0.1) is 5.10 Å². The van der Waals surface area contributed by atoms with Crippen LogP contribution in [0.4, 0.5) is 0 Å². The van der Waals surface area contributed by atoms with Crippen LogP contribution in [0.25, 0.3) is 6.08 Å². The van der Waals surface area contributed by atoms with E-state index in [9.17, 15) is 13.2 Å². The fourth-order valence-corrected chi connectivity index (χ4v) is 5.05. The first-order chi connectivity index (χ1) is 14.2. The van der Waals surface area contributed by atoms with E-state index in [1.54, 1.807) is 15.7 Å². The summed E-state index contributed by atoms with van der Waals surface area (Å²) in [4.78, 5) is 14.3. The van der Waals surface area contributed by atoms with E-state index in [4.69, 9.17) is 0 Å². The molecule has 1 aliphatic heterocycles. The molecule has 1 aliphatic rings. The lowest BCUT2D eigenvalue weighted by Gasteiger charge is -2.33. The molecule has 0 radical (unpaired) electrons. The first-order valence-corrected chi connectivity index (χ1v) is 12.1. The highest BCUT2D eigenvalue weighted by atomic mass is 32.2. The van der Waals surface area contributed by atoms with Crippen molar-refractivity contribution in [3.8, 4) is 0 Å². The van der Waals surface area contributed by atoms with Gasteiger partial charge >= 0.3 is 0 Å². The molecule has 1 aromatic carbocycles. The fourth-order valence-electron chi connectivity index (χ4n) is 2.91. The number of aromatic nitrogens is 4. The zero-order valence-electron chi connectivity index (χ0n) is 17.3. The van der Waals surface area contributed by atoms with Crippen LogP contribution in [0.15, 0.2) is 40.9 Å². The lowest BCUT2D eigenvalue weighted by atomic mass is 10.1. The highest BCUT2D eigenvalue weighted by Gasteiger charge is 2.28. The normalized spacial score (nSPS) is 16.3. The molecule has 2 heterocycles. The van der Waals surface area contributed by atoms with Crippen molar-refractivity contribution < 1.29 is 13.2 Å². The first kappa shape index (κ1) is 22.4. The number of rotatable bonds is 6. The molecule has 1 aromatic heterocycles. The molecular weight excluding hydrogens is 424 g/mol. The van der Waals surface area contributed by atoms with Crippen LogP contribution in [0.1, 0.15) is 26.3 Å². The predicted octanol–water partition coefficient (Wildman–Crippen LogP) is 1.67. The third-order valence-electron chi connectivity index (χ3n) is 4.58. The van der Waals surface area contributed by atoms with Gasteiger partial charge < -0.3 is 4.90 Å². The average molecular weight is 451 g/mol. The fraction of sp³-hybridized carbons (Fsp3) is 0.474. The highest BCUT2D eigenvalue weighted by molar-refractivity contribution is 7.99. The smallest absolute Gasteiger partial charge is 0.236 e. The summed E-state index contributed by atoms with van der Waals surface area (Å²) in [6.07, 6.45) is 1.59. The average Bonchev–Trinajstić information content (AvgIpc) is 3.21. The summed E-state index contributed by atoms with van der Waals surface area (Å²) in [6, 6.07) is 9.28. The van der Waals surface area contributed by atoms with E-state index in [0.29, 0.717) is 18.2 Å². The molecule has 162 valence electrons. The summed E-state index contributed by atoms with van der Waals surface area (Å²) < 4.78 is 28.2. The monoisotopic (exact) mass is 450 g/mol. The molecule has 1 amide bonds. The van der Waals surface area contributed by atoms with Crippen LogP contribution in [-0.4, -0.2) is 75.7 Å². The Balaban J connectivity index is 1.52. The van der Waals surface area contributed by atoms with E-state index in [1.165, 1.54) is 21.5 Å². The van der Waals surface area contributed by atoms with Crippen LogP contribution in [0.5, 0.6) is 0 Å². The number of hydrogen-bond acceptors (Lipinski definition) is 7. The molecule has 1 fully saturated rings. The number of nitrogens with zero attached hydrogens (tertiary/aromatic N) is 6. The topological polar surface area (TPSA) is 101 Å². The Morgan fingerprint density at radius 1 is 1.13 bits per heavy atom. The lowest BCUT2D eigenvalue weighted by Crippen LogP contribution is -2.50. The minimum absolute atomic E-state index is 0.0552. The molecule has 1 saturated heterocycles. The summed E-state index contributed by atoms with van der Waals surface area (Å²) in [5.41, 5.74) is 0.548. The number of carbonyl (C=O) groups is 1. The summed E-state index contributed by atoms with van der Waals surface area (Å²) in [6.45, 7) is 7.24. The number of tetrazole rings is 1. The van der Waals surface area contributed by atoms with E-state index < -0.39 is 10.0 Å².